The molecule has 1 saturated heterocycles. The Kier molecular flexibility index (Phi) is 3.89. The molecule has 21 heavy (non-hydrogen) atoms. The molecule has 2 atom stereocenters. The lowest BCUT2D eigenvalue weighted by molar-refractivity contribution is -0.142. The normalized spacial score (nSPS) is 22.5. The molecule has 114 valence electrons. The molecule has 1 amide bonds. The molecule has 6 nitrogen and oxygen atoms in total. The lowest BCUT2D eigenvalue weighted by Gasteiger charge is -2.38. The van der Waals surface area contributed by atoms with Gasteiger partial charge in [-0.25, -0.2) is 4.98 Å². The summed E-state index contributed by atoms with van der Waals surface area (Å²) in [4.78, 5) is 29.5. The van der Waals surface area contributed by atoms with Gasteiger partial charge in [0.05, 0.1) is 19.1 Å². The summed E-state index contributed by atoms with van der Waals surface area (Å²) < 4.78 is 5.01. The molecule has 2 unspecified atom stereocenters. The van der Waals surface area contributed by atoms with Crippen molar-refractivity contribution in [1.29, 1.82) is 0 Å². The van der Waals surface area contributed by atoms with Crippen LogP contribution < -0.4 is 4.74 Å². The quantitative estimate of drug-likeness (QED) is 0.920. The number of nitrogens with zero attached hydrogens (tertiary/aromatic N) is 2. The first-order chi connectivity index (χ1) is 9.75. The Hall–Kier alpha value is -2.11. The minimum absolute atomic E-state index is 0.0172. The minimum Gasteiger partial charge on any atom is -0.481 e. The highest BCUT2D eigenvalue weighted by Gasteiger charge is 2.48. The van der Waals surface area contributed by atoms with Gasteiger partial charge in [0.25, 0.3) is 0 Å². The molecule has 0 bridgehead atoms. The number of hydrogen-bond donors (Lipinski definition) is 1. The van der Waals surface area contributed by atoms with E-state index in [-0.39, 0.29) is 12.3 Å². The smallest absolute Gasteiger partial charge is 0.309 e. The topological polar surface area (TPSA) is 79.7 Å². The SMILES string of the molecule is COc1ccc(C2C(C(=O)O)CC(=O)N2C(C)(C)C)cn1. The number of hydrogen-bond acceptors (Lipinski definition) is 4. The molecule has 0 radical (unpaired) electrons. The zero-order valence-corrected chi connectivity index (χ0v) is 12.7. The van der Waals surface area contributed by atoms with Gasteiger partial charge in [-0.05, 0) is 26.3 Å². The number of rotatable bonds is 3. The second-order valence-corrected chi connectivity index (χ2v) is 6.16. The number of carbonyl (C=O) groups is 2. The molecule has 0 aliphatic carbocycles. The van der Waals surface area contributed by atoms with Crippen molar-refractivity contribution in [3.63, 3.8) is 0 Å². The predicted molar refractivity (Wildman–Crippen MR) is 75.9 cm³/mol. The van der Waals surface area contributed by atoms with Gasteiger partial charge < -0.3 is 14.7 Å². The van der Waals surface area contributed by atoms with Crippen molar-refractivity contribution in [3.8, 4) is 5.88 Å². The second-order valence-electron chi connectivity index (χ2n) is 6.16. The van der Waals surface area contributed by atoms with Gasteiger partial charge in [0.1, 0.15) is 0 Å². The van der Waals surface area contributed by atoms with E-state index in [1.807, 2.05) is 20.8 Å². The average molecular weight is 292 g/mol. The van der Waals surface area contributed by atoms with Gasteiger partial charge in [0.15, 0.2) is 0 Å². The third kappa shape index (κ3) is 2.84. The number of ether oxygens (including phenoxy) is 1. The van der Waals surface area contributed by atoms with Gasteiger partial charge in [-0.1, -0.05) is 6.07 Å². The van der Waals surface area contributed by atoms with Crippen LogP contribution in [0.1, 0.15) is 38.8 Å². The van der Waals surface area contributed by atoms with Gasteiger partial charge in [-0.15, -0.1) is 0 Å². The molecule has 2 heterocycles. The van der Waals surface area contributed by atoms with Crippen molar-refractivity contribution in [2.75, 3.05) is 7.11 Å². The molecule has 1 aliphatic rings. The van der Waals surface area contributed by atoms with Crippen LogP contribution in [0, 0.1) is 5.92 Å². The van der Waals surface area contributed by atoms with E-state index in [2.05, 4.69) is 4.98 Å². The van der Waals surface area contributed by atoms with E-state index in [1.54, 1.807) is 23.2 Å². The third-order valence-corrected chi connectivity index (χ3v) is 3.67. The van der Waals surface area contributed by atoms with Gasteiger partial charge in [0.2, 0.25) is 11.8 Å². The highest BCUT2D eigenvalue weighted by Crippen LogP contribution is 2.42. The largest absolute Gasteiger partial charge is 0.481 e. The number of pyridine rings is 1. The molecule has 6 heteroatoms. The Balaban J connectivity index is 2.46. The third-order valence-electron chi connectivity index (χ3n) is 3.67. The van der Waals surface area contributed by atoms with Crippen LogP contribution >= 0.6 is 0 Å². The molecule has 0 aromatic carbocycles. The fourth-order valence-corrected chi connectivity index (χ4v) is 2.82. The van der Waals surface area contributed by atoms with Crippen molar-refractivity contribution in [2.24, 2.45) is 5.92 Å². The zero-order valence-electron chi connectivity index (χ0n) is 12.7. The van der Waals surface area contributed by atoms with Crippen LogP contribution in [0.15, 0.2) is 18.3 Å². The van der Waals surface area contributed by atoms with Crippen LogP contribution in [0.3, 0.4) is 0 Å². The number of carbonyl (C=O) groups excluding carboxylic acids is 1. The highest BCUT2D eigenvalue weighted by molar-refractivity contribution is 5.87. The minimum atomic E-state index is -0.962. The molecule has 1 fully saturated rings. The van der Waals surface area contributed by atoms with Crippen LogP contribution in [-0.4, -0.2) is 39.5 Å². The van der Waals surface area contributed by atoms with Gasteiger partial charge >= 0.3 is 5.97 Å². The van der Waals surface area contributed by atoms with Crippen molar-refractivity contribution < 1.29 is 19.4 Å². The maximum absolute atomic E-state index is 12.3. The average Bonchev–Trinajstić information content (AvgIpc) is 2.76. The van der Waals surface area contributed by atoms with Crippen molar-refractivity contribution in [1.82, 2.24) is 9.88 Å². The monoisotopic (exact) mass is 292 g/mol. The van der Waals surface area contributed by atoms with Crippen LogP contribution in [0.5, 0.6) is 5.88 Å². The van der Waals surface area contributed by atoms with E-state index in [1.165, 1.54) is 7.11 Å². The number of amides is 1. The molecule has 0 saturated carbocycles. The van der Waals surface area contributed by atoms with Gasteiger partial charge in [0, 0.05) is 24.2 Å². The number of carboxylic acid groups (broad SMARTS) is 1. The Morgan fingerprint density at radius 2 is 2.10 bits per heavy atom. The fourth-order valence-electron chi connectivity index (χ4n) is 2.82. The lowest BCUT2D eigenvalue weighted by atomic mass is 9.92. The first-order valence-electron chi connectivity index (χ1n) is 6.80. The van der Waals surface area contributed by atoms with E-state index in [4.69, 9.17) is 4.74 Å². The van der Waals surface area contributed by atoms with E-state index in [0.717, 1.165) is 0 Å². The maximum atomic E-state index is 12.3. The summed E-state index contributed by atoms with van der Waals surface area (Å²) in [6.45, 7) is 5.71. The Morgan fingerprint density at radius 1 is 1.43 bits per heavy atom. The Morgan fingerprint density at radius 3 is 2.52 bits per heavy atom. The highest BCUT2D eigenvalue weighted by atomic mass is 16.5. The van der Waals surface area contributed by atoms with Crippen molar-refractivity contribution in [3.05, 3.63) is 23.9 Å². The molecular formula is C15H20N2O4. The molecular weight excluding hydrogens is 272 g/mol. The molecule has 1 N–H and O–H groups in total. The number of carboxylic acids is 1. The van der Waals surface area contributed by atoms with Crippen molar-refractivity contribution in [2.45, 2.75) is 38.8 Å². The molecule has 2 rings (SSSR count). The number of methoxy groups -OCH3 is 1. The number of aromatic nitrogens is 1. The van der Waals surface area contributed by atoms with Crippen molar-refractivity contribution >= 4 is 11.9 Å². The zero-order chi connectivity index (χ0) is 15.8. The fraction of sp³-hybridized carbons (Fsp3) is 0.533. The maximum Gasteiger partial charge on any atom is 0.309 e. The van der Waals surface area contributed by atoms with Crippen LogP contribution in [0.4, 0.5) is 0 Å². The summed E-state index contributed by atoms with van der Waals surface area (Å²) in [5, 5.41) is 9.42. The molecule has 1 aromatic heterocycles. The van der Waals surface area contributed by atoms with Crippen LogP contribution in [0.25, 0.3) is 0 Å². The molecule has 1 aliphatic heterocycles. The first-order valence-corrected chi connectivity index (χ1v) is 6.80. The summed E-state index contributed by atoms with van der Waals surface area (Å²) in [6.07, 6.45) is 1.60. The summed E-state index contributed by atoms with van der Waals surface area (Å²) in [5.74, 6) is -1.41. The van der Waals surface area contributed by atoms with Gasteiger partial charge in [-0.2, -0.15) is 0 Å². The lowest BCUT2D eigenvalue weighted by Crippen LogP contribution is -2.44. The number of likely N-dealkylation sites (tertiary alicyclic amines) is 1. The van der Waals surface area contributed by atoms with Crippen LogP contribution in [-0.2, 0) is 9.59 Å². The summed E-state index contributed by atoms with van der Waals surface area (Å²) in [7, 11) is 1.52. The first kappa shape index (κ1) is 15.3. The Labute approximate surface area is 123 Å². The van der Waals surface area contributed by atoms with Crippen LogP contribution in [0.2, 0.25) is 0 Å². The van der Waals surface area contributed by atoms with Gasteiger partial charge in [-0.3, -0.25) is 9.59 Å². The summed E-state index contributed by atoms with van der Waals surface area (Å²) in [5.41, 5.74) is 0.260. The number of aliphatic carboxylic acids is 1. The summed E-state index contributed by atoms with van der Waals surface area (Å²) in [6, 6.07) is 2.94. The van der Waals surface area contributed by atoms with E-state index < -0.39 is 23.5 Å². The molecule has 1 aromatic rings. The molecule has 0 spiro atoms. The summed E-state index contributed by atoms with van der Waals surface area (Å²) >= 11 is 0. The second kappa shape index (κ2) is 5.35. The van der Waals surface area contributed by atoms with E-state index in [9.17, 15) is 14.7 Å². The van der Waals surface area contributed by atoms with E-state index in [0.29, 0.717) is 11.4 Å². The predicted octanol–water partition coefficient (Wildman–Crippen LogP) is 1.86. The Bertz CT molecular complexity index is 548. The standard InChI is InChI=1S/C15H20N2O4/c1-15(2,3)17-12(18)7-10(14(19)20)13(17)9-5-6-11(21-4)16-8-9/h5-6,8,10,13H,7H2,1-4H3,(H,19,20). The van der Waals surface area contributed by atoms with E-state index >= 15 is 0 Å².